The highest BCUT2D eigenvalue weighted by Gasteiger charge is 2.33. The van der Waals surface area contributed by atoms with E-state index in [1.54, 1.807) is 32.0 Å². The monoisotopic (exact) mass is 359 g/mol. The molecule has 0 radical (unpaired) electrons. The molecule has 5 heteroatoms. The van der Waals surface area contributed by atoms with Crippen molar-refractivity contribution in [3.63, 3.8) is 0 Å². The Morgan fingerprint density at radius 2 is 1.56 bits per heavy atom. The number of amides is 1. The summed E-state index contributed by atoms with van der Waals surface area (Å²) in [5, 5.41) is 0. The van der Waals surface area contributed by atoms with Crippen LogP contribution >= 0.6 is 0 Å². The van der Waals surface area contributed by atoms with Gasteiger partial charge >= 0.3 is 0 Å². The Labute approximate surface area is 150 Å². The number of sulfonamides is 1. The molecule has 4 nitrogen and oxygen atoms in total. The van der Waals surface area contributed by atoms with Gasteiger partial charge in [0.1, 0.15) is 0 Å². The van der Waals surface area contributed by atoms with Crippen LogP contribution in [0.4, 0.5) is 0 Å². The van der Waals surface area contributed by atoms with E-state index in [9.17, 15) is 13.2 Å². The molecule has 1 amide bonds. The standard InChI is InChI=1S/C20H25NO3S/c1-15(2)14-16-10-12-17(13-11-16)20(3,4)19(22)21-25(23,24)18-8-6-5-7-9-18/h5-13,15H,14H2,1-4H3,(H,21,22). The SMILES string of the molecule is CC(C)Cc1ccc(C(C)(C)C(=O)NS(=O)(=O)c2ccccc2)cc1. The summed E-state index contributed by atoms with van der Waals surface area (Å²) < 4.78 is 26.9. The number of carbonyl (C=O) groups excluding carboxylic acids is 1. The van der Waals surface area contributed by atoms with E-state index in [4.69, 9.17) is 0 Å². The molecule has 0 fully saturated rings. The lowest BCUT2D eigenvalue weighted by Gasteiger charge is -2.24. The average Bonchev–Trinajstić information content (AvgIpc) is 2.55. The minimum atomic E-state index is -3.87. The summed E-state index contributed by atoms with van der Waals surface area (Å²) in [6, 6.07) is 15.7. The maximum absolute atomic E-state index is 12.6. The van der Waals surface area contributed by atoms with Crippen molar-refractivity contribution >= 4 is 15.9 Å². The molecule has 25 heavy (non-hydrogen) atoms. The van der Waals surface area contributed by atoms with Crippen molar-refractivity contribution in [2.75, 3.05) is 0 Å². The van der Waals surface area contributed by atoms with Crippen LogP contribution in [0.5, 0.6) is 0 Å². The highest BCUT2D eigenvalue weighted by molar-refractivity contribution is 7.90. The van der Waals surface area contributed by atoms with Gasteiger partial charge in [0.25, 0.3) is 10.0 Å². The Balaban J connectivity index is 2.20. The Bertz CT molecular complexity index is 823. The first-order chi connectivity index (χ1) is 11.6. The summed E-state index contributed by atoms with van der Waals surface area (Å²) in [5.41, 5.74) is 1.02. The Morgan fingerprint density at radius 1 is 1.00 bits per heavy atom. The summed E-state index contributed by atoms with van der Waals surface area (Å²) in [5.74, 6) is 0.00568. The summed E-state index contributed by atoms with van der Waals surface area (Å²) in [4.78, 5) is 12.7. The van der Waals surface area contributed by atoms with Crippen molar-refractivity contribution in [1.82, 2.24) is 4.72 Å². The fourth-order valence-corrected chi connectivity index (χ4v) is 3.70. The third-order valence-electron chi connectivity index (χ3n) is 4.17. The zero-order chi connectivity index (χ0) is 18.7. The molecule has 0 saturated carbocycles. The molecule has 2 rings (SSSR count). The number of rotatable bonds is 6. The predicted octanol–water partition coefficient (Wildman–Crippen LogP) is 3.67. The first-order valence-corrected chi connectivity index (χ1v) is 9.83. The van der Waals surface area contributed by atoms with Crippen LogP contribution in [0.1, 0.15) is 38.8 Å². The summed E-state index contributed by atoms with van der Waals surface area (Å²) in [7, 11) is -3.87. The maximum atomic E-state index is 12.6. The molecule has 0 atom stereocenters. The van der Waals surface area contributed by atoms with Gasteiger partial charge in [0.2, 0.25) is 5.91 Å². The van der Waals surface area contributed by atoms with Crippen molar-refractivity contribution < 1.29 is 13.2 Å². The number of carbonyl (C=O) groups is 1. The molecule has 0 heterocycles. The smallest absolute Gasteiger partial charge is 0.264 e. The lowest BCUT2D eigenvalue weighted by Crippen LogP contribution is -2.43. The summed E-state index contributed by atoms with van der Waals surface area (Å²) in [6.45, 7) is 7.75. The van der Waals surface area contributed by atoms with Crippen LogP contribution < -0.4 is 4.72 Å². The third kappa shape index (κ3) is 4.69. The molecular formula is C20H25NO3S. The number of nitrogens with one attached hydrogen (secondary N) is 1. The largest absolute Gasteiger partial charge is 0.273 e. The molecule has 0 aromatic heterocycles. The second kappa shape index (κ2) is 7.40. The van der Waals surface area contributed by atoms with E-state index >= 15 is 0 Å². The zero-order valence-electron chi connectivity index (χ0n) is 15.1. The molecular weight excluding hydrogens is 334 g/mol. The summed E-state index contributed by atoms with van der Waals surface area (Å²) in [6.07, 6.45) is 0.968. The van der Waals surface area contributed by atoms with E-state index in [0.29, 0.717) is 5.92 Å². The molecule has 2 aromatic carbocycles. The van der Waals surface area contributed by atoms with Crippen LogP contribution in [0.15, 0.2) is 59.5 Å². The van der Waals surface area contributed by atoms with E-state index in [1.165, 1.54) is 17.7 Å². The van der Waals surface area contributed by atoms with Crippen molar-refractivity contribution in [2.45, 2.75) is 44.4 Å². The molecule has 0 bridgehead atoms. The van der Waals surface area contributed by atoms with Gasteiger partial charge in [-0.2, -0.15) is 0 Å². The van der Waals surface area contributed by atoms with Gasteiger partial charge in [-0.1, -0.05) is 56.3 Å². The number of hydrogen-bond donors (Lipinski definition) is 1. The first-order valence-electron chi connectivity index (χ1n) is 8.34. The molecule has 0 aliphatic carbocycles. The Morgan fingerprint density at radius 3 is 2.08 bits per heavy atom. The van der Waals surface area contributed by atoms with E-state index in [2.05, 4.69) is 18.6 Å². The number of hydrogen-bond acceptors (Lipinski definition) is 3. The quantitative estimate of drug-likeness (QED) is 0.856. The minimum absolute atomic E-state index is 0.0754. The molecule has 1 N–H and O–H groups in total. The van der Waals surface area contributed by atoms with Crippen LogP contribution in [-0.4, -0.2) is 14.3 Å². The van der Waals surface area contributed by atoms with Crippen LogP contribution in [0.2, 0.25) is 0 Å². The van der Waals surface area contributed by atoms with Crippen LogP contribution in [0.25, 0.3) is 0 Å². The fraction of sp³-hybridized carbons (Fsp3) is 0.350. The van der Waals surface area contributed by atoms with Crippen LogP contribution in [-0.2, 0) is 26.7 Å². The fourth-order valence-electron chi connectivity index (χ4n) is 2.57. The van der Waals surface area contributed by atoms with Crippen molar-refractivity contribution in [3.05, 3.63) is 65.7 Å². The third-order valence-corrected chi connectivity index (χ3v) is 5.51. The topological polar surface area (TPSA) is 63.2 Å². The molecule has 0 spiro atoms. The van der Waals surface area contributed by atoms with Gasteiger partial charge in [-0.25, -0.2) is 13.1 Å². The van der Waals surface area contributed by atoms with Gasteiger partial charge in [-0.05, 0) is 49.4 Å². The highest BCUT2D eigenvalue weighted by Crippen LogP contribution is 2.25. The lowest BCUT2D eigenvalue weighted by molar-refractivity contribution is -0.123. The maximum Gasteiger partial charge on any atom is 0.264 e. The molecule has 0 unspecified atom stereocenters. The van der Waals surface area contributed by atoms with Crippen LogP contribution in [0.3, 0.4) is 0 Å². The van der Waals surface area contributed by atoms with Gasteiger partial charge < -0.3 is 0 Å². The zero-order valence-corrected chi connectivity index (χ0v) is 15.9. The molecule has 2 aromatic rings. The summed E-state index contributed by atoms with van der Waals surface area (Å²) >= 11 is 0. The van der Waals surface area contributed by atoms with Gasteiger partial charge in [0.05, 0.1) is 10.3 Å². The first kappa shape index (κ1) is 19.2. The highest BCUT2D eigenvalue weighted by atomic mass is 32.2. The minimum Gasteiger partial charge on any atom is -0.273 e. The molecule has 0 aliphatic rings. The average molecular weight is 359 g/mol. The van der Waals surface area contributed by atoms with Gasteiger partial charge in [-0.15, -0.1) is 0 Å². The molecule has 0 saturated heterocycles. The Kier molecular flexibility index (Phi) is 5.68. The van der Waals surface area contributed by atoms with E-state index in [-0.39, 0.29) is 4.90 Å². The van der Waals surface area contributed by atoms with Gasteiger partial charge in [0, 0.05) is 0 Å². The van der Waals surface area contributed by atoms with E-state index in [1.807, 2.05) is 24.3 Å². The second-order valence-electron chi connectivity index (χ2n) is 7.17. The lowest BCUT2D eigenvalue weighted by atomic mass is 9.83. The number of benzene rings is 2. The van der Waals surface area contributed by atoms with E-state index in [0.717, 1.165) is 12.0 Å². The molecule has 0 aliphatic heterocycles. The second-order valence-corrected chi connectivity index (χ2v) is 8.85. The predicted molar refractivity (Wildman–Crippen MR) is 99.8 cm³/mol. The van der Waals surface area contributed by atoms with Crippen molar-refractivity contribution in [2.24, 2.45) is 5.92 Å². The normalized spacial score (nSPS) is 12.2. The van der Waals surface area contributed by atoms with E-state index < -0.39 is 21.3 Å². The molecule has 134 valence electrons. The van der Waals surface area contributed by atoms with Gasteiger partial charge in [-0.3, -0.25) is 4.79 Å². The Hall–Kier alpha value is -2.14. The van der Waals surface area contributed by atoms with Crippen LogP contribution in [0, 0.1) is 5.92 Å². The van der Waals surface area contributed by atoms with Crippen molar-refractivity contribution in [3.8, 4) is 0 Å². The van der Waals surface area contributed by atoms with Gasteiger partial charge in [0.15, 0.2) is 0 Å². The van der Waals surface area contributed by atoms with Crippen molar-refractivity contribution in [1.29, 1.82) is 0 Å².